The van der Waals surface area contributed by atoms with Gasteiger partial charge in [0.05, 0.1) is 0 Å². The number of hydrogen-bond donors (Lipinski definition) is 0. The molecule has 1 aliphatic carbocycles. The second-order valence-corrected chi connectivity index (χ2v) is 3.93. The first kappa shape index (κ1) is 10.4. The lowest BCUT2D eigenvalue weighted by Gasteiger charge is -2.28. The molecule has 0 radical (unpaired) electrons. The van der Waals surface area contributed by atoms with Gasteiger partial charge in [-0.05, 0) is 19.8 Å². The minimum atomic E-state index is 0.0289. The maximum atomic E-state index is 11.5. The van der Waals surface area contributed by atoms with Crippen molar-refractivity contribution in [2.75, 3.05) is 0 Å². The van der Waals surface area contributed by atoms with Crippen LogP contribution >= 0.6 is 0 Å². The van der Waals surface area contributed by atoms with Crippen LogP contribution < -0.4 is 0 Å². The van der Waals surface area contributed by atoms with Crippen molar-refractivity contribution in [2.45, 2.75) is 46.0 Å². The molecular formula is C11H18O2. The predicted octanol–water partition coefficient (Wildman–Crippen LogP) is 2.36. The highest BCUT2D eigenvalue weighted by molar-refractivity contribution is 5.88. The van der Waals surface area contributed by atoms with Crippen LogP contribution in [0.3, 0.4) is 0 Å². The van der Waals surface area contributed by atoms with E-state index in [1.165, 1.54) is 0 Å². The first-order valence-electron chi connectivity index (χ1n) is 5.20. The number of rotatable bonds is 3. The quantitative estimate of drug-likeness (QED) is 0.671. The molecule has 0 aromatic rings. The molecule has 1 fully saturated rings. The van der Waals surface area contributed by atoms with Crippen LogP contribution in [0.25, 0.3) is 0 Å². The van der Waals surface area contributed by atoms with Crippen LogP contribution in [-0.2, 0) is 9.59 Å². The van der Waals surface area contributed by atoms with Gasteiger partial charge < -0.3 is 0 Å². The number of ketones is 2. The third-order valence-electron chi connectivity index (χ3n) is 3.05. The van der Waals surface area contributed by atoms with Gasteiger partial charge in [-0.15, -0.1) is 0 Å². The molecule has 0 saturated heterocycles. The first-order chi connectivity index (χ1) is 6.16. The Bertz CT molecular complexity index is 208. The summed E-state index contributed by atoms with van der Waals surface area (Å²) in [4.78, 5) is 22.8. The van der Waals surface area contributed by atoms with Crippen molar-refractivity contribution in [1.82, 2.24) is 0 Å². The lowest BCUT2D eigenvalue weighted by molar-refractivity contribution is -0.132. The molecule has 0 aromatic heterocycles. The van der Waals surface area contributed by atoms with E-state index in [1.807, 2.05) is 6.92 Å². The van der Waals surface area contributed by atoms with E-state index in [1.54, 1.807) is 6.92 Å². The van der Waals surface area contributed by atoms with Crippen molar-refractivity contribution in [2.24, 2.45) is 11.8 Å². The molecule has 0 spiro atoms. The van der Waals surface area contributed by atoms with E-state index >= 15 is 0 Å². The summed E-state index contributed by atoms with van der Waals surface area (Å²) < 4.78 is 0. The lowest BCUT2D eigenvalue weighted by Crippen LogP contribution is -2.31. The summed E-state index contributed by atoms with van der Waals surface area (Å²) in [6.07, 6.45) is 4.65. The van der Waals surface area contributed by atoms with Crippen LogP contribution in [0.2, 0.25) is 0 Å². The Morgan fingerprint density at radius 1 is 1.15 bits per heavy atom. The summed E-state index contributed by atoms with van der Waals surface area (Å²) in [5.41, 5.74) is 0. The van der Waals surface area contributed by atoms with Crippen molar-refractivity contribution < 1.29 is 9.59 Å². The fraction of sp³-hybridized carbons (Fsp3) is 0.818. The third-order valence-corrected chi connectivity index (χ3v) is 3.05. The van der Waals surface area contributed by atoms with Crippen LogP contribution in [0.1, 0.15) is 46.0 Å². The first-order valence-corrected chi connectivity index (χ1v) is 5.20. The molecule has 0 bridgehead atoms. The van der Waals surface area contributed by atoms with E-state index in [-0.39, 0.29) is 23.4 Å². The second kappa shape index (κ2) is 4.54. The zero-order chi connectivity index (χ0) is 9.84. The molecule has 1 aliphatic rings. The molecule has 0 unspecified atom stereocenters. The Kier molecular flexibility index (Phi) is 3.64. The second-order valence-electron chi connectivity index (χ2n) is 3.93. The zero-order valence-corrected chi connectivity index (χ0v) is 8.51. The molecule has 74 valence electrons. The van der Waals surface area contributed by atoms with Crippen molar-refractivity contribution in [1.29, 1.82) is 0 Å². The Labute approximate surface area is 79.7 Å². The molecule has 1 saturated carbocycles. The van der Waals surface area contributed by atoms with Gasteiger partial charge in [-0.2, -0.15) is 0 Å². The number of carbonyl (C=O) groups excluding carboxylic acids is 2. The van der Waals surface area contributed by atoms with Crippen LogP contribution in [0, 0.1) is 11.8 Å². The van der Waals surface area contributed by atoms with E-state index in [0.29, 0.717) is 6.42 Å². The fourth-order valence-electron chi connectivity index (χ4n) is 2.27. The van der Waals surface area contributed by atoms with E-state index in [0.717, 1.165) is 25.7 Å². The van der Waals surface area contributed by atoms with Gasteiger partial charge in [0.15, 0.2) is 0 Å². The van der Waals surface area contributed by atoms with Gasteiger partial charge in [0, 0.05) is 18.3 Å². The summed E-state index contributed by atoms with van der Waals surface area (Å²) in [5.74, 6) is 0.545. The van der Waals surface area contributed by atoms with Crippen LogP contribution in [0.4, 0.5) is 0 Å². The standard InChI is InChI=1S/C11H18O2/c1-3-11(13)10-7-5-4-6-9(10)8(2)12/h9-10H,3-7H2,1-2H3/t9-,10-/m1/s1. The SMILES string of the molecule is CCC(=O)[C@@H]1CCCC[C@@H]1C(C)=O. The topological polar surface area (TPSA) is 34.1 Å². The van der Waals surface area contributed by atoms with Gasteiger partial charge in [0.2, 0.25) is 0 Å². The van der Waals surface area contributed by atoms with Gasteiger partial charge in [-0.1, -0.05) is 19.8 Å². The Hall–Kier alpha value is -0.660. The molecule has 2 nitrogen and oxygen atoms in total. The highest BCUT2D eigenvalue weighted by Crippen LogP contribution is 2.31. The molecule has 0 amide bonds. The molecule has 13 heavy (non-hydrogen) atoms. The average Bonchev–Trinajstić information content (AvgIpc) is 2.16. The molecular weight excluding hydrogens is 164 g/mol. The predicted molar refractivity (Wildman–Crippen MR) is 51.4 cm³/mol. The van der Waals surface area contributed by atoms with Gasteiger partial charge >= 0.3 is 0 Å². The van der Waals surface area contributed by atoms with Crippen molar-refractivity contribution in [3.05, 3.63) is 0 Å². The minimum Gasteiger partial charge on any atom is -0.300 e. The van der Waals surface area contributed by atoms with E-state index in [9.17, 15) is 9.59 Å². The summed E-state index contributed by atoms with van der Waals surface area (Å²) in [6, 6.07) is 0. The highest BCUT2D eigenvalue weighted by atomic mass is 16.1. The maximum absolute atomic E-state index is 11.5. The van der Waals surface area contributed by atoms with Crippen LogP contribution in [0.5, 0.6) is 0 Å². The monoisotopic (exact) mass is 182 g/mol. The molecule has 0 aromatic carbocycles. The summed E-state index contributed by atoms with van der Waals surface area (Å²) in [5, 5.41) is 0. The Morgan fingerprint density at radius 2 is 1.69 bits per heavy atom. The zero-order valence-electron chi connectivity index (χ0n) is 8.51. The number of hydrogen-bond acceptors (Lipinski definition) is 2. The Morgan fingerprint density at radius 3 is 2.15 bits per heavy atom. The van der Waals surface area contributed by atoms with Gasteiger partial charge in [0.1, 0.15) is 11.6 Å². The number of Topliss-reactive ketones (excluding diaryl/α,β-unsaturated/α-hetero) is 2. The third kappa shape index (κ3) is 2.39. The highest BCUT2D eigenvalue weighted by Gasteiger charge is 2.32. The molecule has 0 heterocycles. The fourth-order valence-corrected chi connectivity index (χ4v) is 2.27. The molecule has 0 aliphatic heterocycles. The molecule has 0 N–H and O–H groups in total. The minimum absolute atomic E-state index is 0.0289. The summed E-state index contributed by atoms with van der Waals surface area (Å²) in [7, 11) is 0. The molecule has 1 rings (SSSR count). The molecule has 2 heteroatoms. The van der Waals surface area contributed by atoms with Gasteiger partial charge in [-0.3, -0.25) is 9.59 Å². The van der Waals surface area contributed by atoms with Gasteiger partial charge in [0.25, 0.3) is 0 Å². The van der Waals surface area contributed by atoms with Crippen molar-refractivity contribution >= 4 is 11.6 Å². The van der Waals surface area contributed by atoms with E-state index in [4.69, 9.17) is 0 Å². The van der Waals surface area contributed by atoms with Crippen LogP contribution in [0.15, 0.2) is 0 Å². The largest absolute Gasteiger partial charge is 0.300 e. The smallest absolute Gasteiger partial charge is 0.136 e. The van der Waals surface area contributed by atoms with Gasteiger partial charge in [-0.25, -0.2) is 0 Å². The van der Waals surface area contributed by atoms with E-state index < -0.39 is 0 Å². The summed E-state index contributed by atoms with van der Waals surface area (Å²) in [6.45, 7) is 3.50. The Balaban J connectivity index is 2.67. The lowest BCUT2D eigenvalue weighted by atomic mass is 9.74. The molecule has 2 atom stereocenters. The van der Waals surface area contributed by atoms with Crippen LogP contribution in [-0.4, -0.2) is 11.6 Å². The van der Waals surface area contributed by atoms with Crippen molar-refractivity contribution in [3.8, 4) is 0 Å². The average molecular weight is 182 g/mol. The van der Waals surface area contributed by atoms with Crippen molar-refractivity contribution in [3.63, 3.8) is 0 Å². The maximum Gasteiger partial charge on any atom is 0.136 e. The number of carbonyl (C=O) groups is 2. The van der Waals surface area contributed by atoms with E-state index in [2.05, 4.69) is 0 Å². The summed E-state index contributed by atoms with van der Waals surface area (Å²) >= 11 is 0. The normalized spacial score (nSPS) is 28.5.